The van der Waals surface area contributed by atoms with Gasteiger partial charge in [0.2, 0.25) is 0 Å². The van der Waals surface area contributed by atoms with Crippen LogP contribution < -0.4 is 4.74 Å². The van der Waals surface area contributed by atoms with Gasteiger partial charge < -0.3 is 9.47 Å². The van der Waals surface area contributed by atoms with Gasteiger partial charge in [0.15, 0.2) is 6.10 Å². The maximum atomic E-state index is 11.1. The monoisotopic (exact) mass is 242 g/mol. The van der Waals surface area contributed by atoms with Crippen LogP contribution in [0.5, 0.6) is 5.75 Å². The van der Waals surface area contributed by atoms with Crippen LogP contribution in [0.1, 0.15) is 17.3 Å². The third kappa shape index (κ3) is 2.97. The second-order valence-corrected chi connectivity index (χ2v) is 3.50. The number of carbonyl (C=O) groups excluding carboxylic acids is 2. The minimum Gasteiger partial charge on any atom is -0.477 e. The summed E-state index contributed by atoms with van der Waals surface area (Å²) >= 11 is 5.86. The first kappa shape index (κ1) is 12.5. The second-order valence-electron chi connectivity index (χ2n) is 3.09. The number of aldehydes is 1. The number of methoxy groups -OCH3 is 1. The van der Waals surface area contributed by atoms with Crippen molar-refractivity contribution in [3.8, 4) is 5.75 Å². The van der Waals surface area contributed by atoms with Crippen LogP contribution in [0.3, 0.4) is 0 Å². The number of halogens is 1. The van der Waals surface area contributed by atoms with Crippen molar-refractivity contribution in [2.45, 2.75) is 13.0 Å². The van der Waals surface area contributed by atoms with Gasteiger partial charge in [-0.05, 0) is 25.1 Å². The predicted octanol–water partition coefficient (Wildman–Crippen LogP) is 2.09. The van der Waals surface area contributed by atoms with Gasteiger partial charge in [0.05, 0.1) is 12.1 Å². The molecular weight excluding hydrogens is 232 g/mol. The minimum absolute atomic E-state index is 0.278. The molecule has 1 aromatic rings. The van der Waals surface area contributed by atoms with E-state index in [0.29, 0.717) is 17.6 Å². The quantitative estimate of drug-likeness (QED) is 0.599. The van der Waals surface area contributed by atoms with Gasteiger partial charge in [-0.3, -0.25) is 4.79 Å². The molecular formula is C11H11ClO4. The van der Waals surface area contributed by atoms with Crippen LogP contribution in [0.15, 0.2) is 18.2 Å². The van der Waals surface area contributed by atoms with E-state index in [1.807, 2.05) is 0 Å². The summed E-state index contributed by atoms with van der Waals surface area (Å²) < 4.78 is 9.78. The highest BCUT2D eigenvalue weighted by Gasteiger charge is 2.16. The number of esters is 1. The third-order valence-electron chi connectivity index (χ3n) is 1.93. The van der Waals surface area contributed by atoms with E-state index in [9.17, 15) is 9.59 Å². The summed E-state index contributed by atoms with van der Waals surface area (Å²) in [5.74, 6) is -0.152. The molecule has 4 nitrogen and oxygen atoms in total. The summed E-state index contributed by atoms with van der Waals surface area (Å²) in [7, 11) is 1.28. The molecule has 0 spiro atoms. The van der Waals surface area contributed by atoms with Crippen molar-refractivity contribution in [3.63, 3.8) is 0 Å². The third-order valence-corrected chi connectivity index (χ3v) is 2.22. The Kier molecular flexibility index (Phi) is 4.31. The lowest BCUT2D eigenvalue weighted by Crippen LogP contribution is -2.25. The largest absolute Gasteiger partial charge is 0.477 e. The molecule has 0 aromatic heterocycles. The van der Waals surface area contributed by atoms with E-state index in [4.69, 9.17) is 16.3 Å². The maximum Gasteiger partial charge on any atom is 0.346 e. The first-order valence-electron chi connectivity index (χ1n) is 4.57. The zero-order valence-electron chi connectivity index (χ0n) is 8.90. The standard InChI is InChI=1S/C11H11ClO4/c1-7(11(14)15-2)16-10-4-3-8(6-13)5-9(10)12/h3-7H,1-2H3/t7-/m0/s1. The number of hydrogen-bond donors (Lipinski definition) is 0. The molecule has 0 saturated carbocycles. The summed E-state index contributed by atoms with van der Waals surface area (Å²) in [6.45, 7) is 1.55. The molecule has 0 saturated heterocycles. The molecule has 0 aliphatic heterocycles. The van der Waals surface area contributed by atoms with Gasteiger partial charge in [-0.1, -0.05) is 11.6 Å². The molecule has 0 fully saturated rings. The first-order chi connectivity index (χ1) is 7.58. The van der Waals surface area contributed by atoms with Gasteiger partial charge >= 0.3 is 5.97 Å². The highest BCUT2D eigenvalue weighted by atomic mass is 35.5. The van der Waals surface area contributed by atoms with Crippen molar-refractivity contribution in [2.75, 3.05) is 7.11 Å². The van der Waals surface area contributed by atoms with Crippen molar-refractivity contribution >= 4 is 23.9 Å². The van der Waals surface area contributed by atoms with Crippen LogP contribution in [-0.2, 0) is 9.53 Å². The number of benzene rings is 1. The summed E-state index contributed by atoms with van der Waals surface area (Å²) in [6, 6.07) is 4.55. The van der Waals surface area contributed by atoms with Gasteiger partial charge in [0.1, 0.15) is 12.0 Å². The van der Waals surface area contributed by atoms with Crippen LogP contribution in [-0.4, -0.2) is 25.5 Å². The highest BCUT2D eigenvalue weighted by Crippen LogP contribution is 2.26. The summed E-state index contributed by atoms with van der Waals surface area (Å²) in [4.78, 5) is 21.6. The Morgan fingerprint density at radius 3 is 2.69 bits per heavy atom. The Morgan fingerprint density at radius 2 is 2.19 bits per heavy atom. The smallest absolute Gasteiger partial charge is 0.346 e. The van der Waals surface area contributed by atoms with E-state index in [1.54, 1.807) is 13.0 Å². The van der Waals surface area contributed by atoms with E-state index < -0.39 is 12.1 Å². The van der Waals surface area contributed by atoms with Crippen molar-refractivity contribution < 1.29 is 19.1 Å². The highest BCUT2D eigenvalue weighted by molar-refractivity contribution is 6.32. The Balaban J connectivity index is 2.82. The molecule has 0 amide bonds. The van der Waals surface area contributed by atoms with E-state index in [1.165, 1.54) is 19.2 Å². The number of hydrogen-bond acceptors (Lipinski definition) is 4. The number of carbonyl (C=O) groups is 2. The van der Waals surface area contributed by atoms with Gasteiger partial charge in [-0.15, -0.1) is 0 Å². The van der Waals surface area contributed by atoms with Crippen LogP contribution in [0.4, 0.5) is 0 Å². The summed E-state index contributed by atoms with van der Waals surface area (Å²) in [5, 5.41) is 0.278. The fraction of sp³-hybridized carbons (Fsp3) is 0.273. The van der Waals surface area contributed by atoms with Crippen molar-refractivity contribution in [1.82, 2.24) is 0 Å². The van der Waals surface area contributed by atoms with Crippen LogP contribution >= 0.6 is 11.6 Å². The SMILES string of the molecule is COC(=O)[C@H](C)Oc1ccc(C=O)cc1Cl. The first-order valence-corrected chi connectivity index (χ1v) is 4.95. The Hall–Kier alpha value is -1.55. The summed E-state index contributed by atoms with van der Waals surface area (Å²) in [6.07, 6.45) is -0.0658. The van der Waals surface area contributed by atoms with E-state index in [-0.39, 0.29) is 5.02 Å². The molecule has 1 rings (SSSR count). The van der Waals surface area contributed by atoms with Crippen LogP contribution in [0.25, 0.3) is 0 Å². The molecule has 0 aliphatic carbocycles. The second kappa shape index (κ2) is 5.51. The Morgan fingerprint density at radius 1 is 1.50 bits per heavy atom. The zero-order chi connectivity index (χ0) is 12.1. The Labute approximate surface area is 98.1 Å². The summed E-state index contributed by atoms with van der Waals surface area (Å²) in [5.41, 5.74) is 0.447. The molecule has 16 heavy (non-hydrogen) atoms. The van der Waals surface area contributed by atoms with Gasteiger partial charge in [-0.2, -0.15) is 0 Å². The molecule has 1 aromatic carbocycles. The predicted molar refractivity (Wildman–Crippen MR) is 58.9 cm³/mol. The Bertz CT molecular complexity index is 403. The van der Waals surface area contributed by atoms with Crippen molar-refractivity contribution in [3.05, 3.63) is 28.8 Å². The molecule has 86 valence electrons. The van der Waals surface area contributed by atoms with E-state index >= 15 is 0 Å². The molecule has 0 radical (unpaired) electrons. The van der Waals surface area contributed by atoms with Crippen LogP contribution in [0, 0.1) is 0 Å². The molecule has 0 heterocycles. The lowest BCUT2D eigenvalue weighted by Gasteiger charge is -2.13. The fourth-order valence-corrected chi connectivity index (χ4v) is 1.32. The van der Waals surface area contributed by atoms with E-state index in [2.05, 4.69) is 4.74 Å². The van der Waals surface area contributed by atoms with Crippen molar-refractivity contribution in [2.24, 2.45) is 0 Å². The lowest BCUT2D eigenvalue weighted by atomic mass is 10.2. The topological polar surface area (TPSA) is 52.6 Å². The van der Waals surface area contributed by atoms with Crippen LogP contribution in [0.2, 0.25) is 5.02 Å². The van der Waals surface area contributed by atoms with E-state index in [0.717, 1.165) is 0 Å². The molecule has 0 aliphatic rings. The van der Waals surface area contributed by atoms with Crippen molar-refractivity contribution in [1.29, 1.82) is 0 Å². The number of rotatable bonds is 4. The molecule has 1 atom stereocenters. The van der Waals surface area contributed by atoms with Gasteiger partial charge in [0.25, 0.3) is 0 Å². The molecule has 5 heteroatoms. The fourth-order valence-electron chi connectivity index (χ4n) is 1.09. The molecule has 0 N–H and O–H groups in total. The van der Waals surface area contributed by atoms with Gasteiger partial charge in [0, 0.05) is 5.56 Å². The minimum atomic E-state index is -0.746. The molecule has 0 unspecified atom stereocenters. The normalized spacial score (nSPS) is 11.7. The van der Waals surface area contributed by atoms with Gasteiger partial charge in [-0.25, -0.2) is 4.79 Å². The molecule has 0 bridgehead atoms. The average Bonchev–Trinajstić information content (AvgIpc) is 2.30. The average molecular weight is 243 g/mol. The zero-order valence-corrected chi connectivity index (χ0v) is 9.65. The number of ether oxygens (including phenoxy) is 2. The maximum absolute atomic E-state index is 11.1. The lowest BCUT2D eigenvalue weighted by molar-refractivity contribution is -0.147.